The lowest BCUT2D eigenvalue weighted by molar-refractivity contribution is -0.125. The number of rotatable bonds is 5. The van der Waals surface area contributed by atoms with Gasteiger partial charge in [-0.25, -0.2) is 9.18 Å². The molecular weight excluding hydrogens is 373 g/mol. The summed E-state index contributed by atoms with van der Waals surface area (Å²) in [6, 6.07) is 13.2. The predicted octanol–water partition coefficient (Wildman–Crippen LogP) is 2.58. The van der Waals surface area contributed by atoms with Gasteiger partial charge in [0.1, 0.15) is 5.82 Å². The fraction of sp³-hybridized carbons (Fsp3) is 0.318. The van der Waals surface area contributed by atoms with E-state index in [-0.39, 0.29) is 36.8 Å². The average Bonchev–Trinajstić information content (AvgIpc) is 3.32. The van der Waals surface area contributed by atoms with Crippen LogP contribution in [0.25, 0.3) is 0 Å². The van der Waals surface area contributed by atoms with Crippen LogP contribution in [0.15, 0.2) is 48.5 Å². The van der Waals surface area contributed by atoms with Crippen molar-refractivity contribution in [1.82, 2.24) is 15.1 Å². The molecule has 0 radical (unpaired) electrons. The number of nitrogens with one attached hydrogen (secondary N) is 1. The fourth-order valence-electron chi connectivity index (χ4n) is 3.87. The fourth-order valence-corrected chi connectivity index (χ4v) is 3.87. The second-order valence-corrected chi connectivity index (χ2v) is 7.57. The highest BCUT2D eigenvalue weighted by molar-refractivity contribution is 6.01. The van der Waals surface area contributed by atoms with Gasteiger partial charge in [-0.3, -0.25) is 14.5 Å². The third-order valence-corrected chi connectivity index (χ3v) is 5.49. The molecule has 7 heteroatoms. The van der Waals surface area contributed by atoms with Gasteiger partial charge in [-0.2, -0.15) is 0 Å². The van der Waals surface area contributed by atoms with E-state index < -0.39 is 0 Å². The van der Waals surface area contributed by atoms with E-state index in [2.05, 4.69) is 5.32 Å². The Kier molecular flexibility index (Phi) is 5.29. The van der Waals surface area contributed by atoms with Gasteiger partial charge >= 0.3 is 6.03 Å². The number of halogens is 1. The summed E-state index contributed by atoms with van der Waals surface area (Å²) in [6.45, 7) is 1.61. The van der Waals surface area contributed by atoms with Gasteiger partial charge in [0.05, 0.1) is 13.1 Å². The number of likely N-dealkylation sites (tertiary alicyclic amines) is 1. The predicted molar refractivity (Wildman–Crippen MR) is 105 cm³/mol. The molecule has 2 aliphatic heterocycles. The van der Waals surface area contributed by atoms with Crippen LogP contribution < -0.4 is 5.32 Å². The summed E-state index contributed by atoms with van der Waals surface area (Å²) in [6.07, 6.45) is 1.75. The molecule has 1 unspecified atom stereocenters. The van der Waals surface area contributed by atoms with E-state index in [1.807, 2.05) is 4.90 Å². The zero-order chi connectivity index (χ0) is 20.4. The Bertz CT molecular complexity index is 911. The molecule has 1 N–H and O–H groups in total. The van der Waals surface area contributed by atoms with E-state index in [9.17, 15) is 18.8 Å². The molecule has 1 atom stereocenters. The molecule has 2 aromatic carbocycles. The number of imide groups is 1. The van der Waals surface area contributed by atoms with Crippen LogP contribution >= 0.6 is 0 Å². The molecular formula is C22H22FN3O3. The maximum absolute atomic E-state index is 13.0. The van der Waals surface area contributed by atoms with E-state index in [1.54, 1.807) is 36.4 Å². The topological polar surface area (TPSA) is 69.7 Å². The quantitative estimate of drug-likeness (QED) is 0.792. The minimum atomic E-state index is -0.389. The standard InChI is InChI=1S/C22H22FN3O3/c23-19-7-3-15(4-8-19)11-17-9-10-25(13-17)21(28)18-5-1-16(2-6-18)14-26-20(27)12-24-22(26)29/h1-8,17H,9-14H2,(H,24,29). The highest BCUT2D eigenvalue weighted by atomic mass is 19.1. The van der Waals surface area contributed by atoms with Gasteiger partial charge in [0.2, 0.25) is 5.91 Å². The number of benzene rings is 2. The van der Waals surface area contributed by atoms with Crippen molar-refractivity contribution in [1.29, 1.82) is 0 Å². The van der Waals surface area contributed by atoms with E-state index in [4.69, 9.17) is 0 Å². The van der Waals surface area contributed by atoms with Gasteiger partial charge in [0.15, 0.2) is 0 Å². The Morgan fingerprint density at radius 2 is 1.72 bits per heavy atom. The van der Waals surface area contributed by atoms with Crippen molar-refractivity contribution in [2.45, 2.75) is 19.4 Å². The summed E-state index contributed by atoms with van der Waals surface area (Å²) < 4.78 is 13.0. The monoisotopic (exact) mass is 395 g/mol. The van der Waals surface area contributed by atoms with Gasteiger partial charge in [0.25, 0.3) is 5.91 Å². The molecule has 2 aromatic rings. The van der Waals surface area contributed by atoms with E-state index in [0.717, 1.165) is 28.9 Å². The van der Waals surface area contributed by atoms with Gasteiger partial charge in [-0.15, -0.1) is 0 Å². The van der Waals surface area contributed by atoms with Crippen LogP contribution in [0.5, 0.6) is 0 Å². The van der Waals surface area contributed by atoms with Gasteiger partial charge in [-0.05, 0) is 54.2 Å². The van der Waals surface area contributed by atoms with Crippen LogP contribution in [0.2, 0.25) is 0 Å². The highest BCUT2D eigenvalue weighted by Gasteiger charge is 2.29. The van der Waals surface area contributed by atoms with Crippen molar-refractivity contribution >= 4 is 17.8 Å². The molecule has 2 saturated heterocycles. The van der Waals surface area contributed by atoms with Crippen molar-refractivity contribution in [3.05, 3.63) is 71.0 Å². The molecule has 2 heterocycles. The van der Waals surface area contributed by atoms with Crippen molar-refractivity contribution < 1.29 is 18.8 Å². The van der Waals surface area contributed by atoms with Crippen molar-refractivity contribution in [3.63, 3.8) is 0 Å². The van der Waals surface area contributed by atoms with Crippen molar-refractivity contribution in [3.8, 4) is 0 Å². The number of hydrogen-bond donors (Lipinski definition) is 1. The zero-order valence-electron chi connectivity index (χ0n) is 15.9. The van der Waals surface area contributed by atoms with Crippen LogP contribution in [0, 0.1) is 11.7 Å². The Labute approximate surface area is 168 Å². The smallest absolute Gasteiger partial charge is 0.324 e. The zero-order valence-corrected chi connectivity index (χ0v) is 15.9. The third kappa shape index (κ3) is 4.29. The molecule has 6 nitrogen and oxygen atoms in total. The first-order valence-corrected chi connectivity index (χ1v) is 9.70. The van der Waals surface area contributed by atoms with E-state index >= 15 is 0 Å². The van der Waals surface area contributed by atoms with Crippen LogP contribution in [0.3, 0.4) is 0 Å². The minimum Gasteiger partial charge on any atom is -0.338 e. The minimum absolute atomic E-state index is 0.0202. The lowest BCUT2D eigenvalue weighted by Crippen LogP contribution is -2.30. The molecule has 2 aliphatic rings. The number of carbonyl (C=O) groups is 3. The molecule has 0 bridgehead atoms. The second-order valence-electron chi connectivity index (χ2n) is 7.57. The Balaban J connectivity index is 1.34. The van der Waals surface area contributed by atoms with Crippen LogP contribution in [-0.4, -0.2) is 47.3 Å². The number of urea groups is 1. The maximum atomic E-state index is 13.0. The summed E-state index contributed by atoms with van der Waals surface area (Å²) in [4.78, 5) is 39.1. The largest absolute Gasteiger partial charge is 0.338 e. The first kappa shape index (κ1) is 19.1. The lowest BCUT2D eigenvalue weighted by Gasteiger charge is -2.17. The molecule has 0 aliphatic carbocycles. The number of hydrogen-bond acceptors (Lipinski definition) is 3. The van der Waals surface area contributed by atoms with Crippen molar-refractivity contribution in [2.75, 3.05) is 19.6 Å². The molecule has 0 aromatic heterocycles. The first-order chi connectivity index (χ1) is 14.0. The summed E-state index contributed by atoms with van der Waals surface area (Å²) in [7, 11) is 0. The second kappa shape index (κ2) is 8.03. The first-order valence-electron chi connectivity index (χ1n) is 9.70. The lowest BCUT2D eigenvalue weighted by atomic mass is 9.99. The molecule has 0 saturated carbocycles. The van der Waals surface area contributed by atoms with Crippen molar-refractivity contribution in [2.24, 2.45) is 5.92 Å². The third-order valence-electron chi connectivity index (χ3n) is 5.49. The molecule has 150 valence electrons. The Morgan fingerprint density at radius 1 is 1.03 bits per heavy atom. The van der Waals surface area contributed by atoms with E-state index in [1.165, 1.54) is 12.1 Å². The summed E-state index contributed by atoms with van der Waals surface area (Å²) in [5.41, 5.74) is 2.46. The molecule has 4 rings (SSSR count). The Hall–Kier alpha value is -3.22. The molecule has 4 amide bonds. The number of carbonyl (C=O) groups excluding carboxylic acids is 3. The van der Waals surface area contributed by atoms with Crippen LogP contribution in [-0.2, 0) is 17.8 Å². The highest BCUT2D eigenvalue weighted by Crippen LogP contribution is 2.23. The molecule has 29 heavy (non-hydrogen) atoms. The maximum Gasteiger partial charge on any atom is 0.324 e. The summed E-state index contributed by atoms with van der Waals surface area (Å²) in [5.74, 6) is -0.147. The SMILES string of the molecule is O=C(c1ccc(CN2C(=O)CNC2=O)cc1)N1CCC(Cc2ccc(F)cc2)C1. The number of amides is 4. The normalized spacial score (nSPS) is 19.0. The van der Waals surface area contributed by atoms with Gasteiger partial charge < -0.3 is 10.2 Å². The average molecular weight is 395 g/mol. The van der Waals surface area contributed by atoms with E-state index in [0.29, 0.717) is 24.6 Å². The summed E-state index contributed by atoms with van der Waals surface area (Å²) in [5, 5.41) is 2.49. The van der Waals surface area contributed by atoms with Crippen LogP contribution in [0.4, 0.5) is 9.18 Å². The molecule has 0 spiro atoms. The Morgan fingerprint density at radius 3 is 2.38 bits per heavy atom. The van der Waals surface area contributed by atoms with Crippen LogP contribution in [0.1, 0.15) is 27.9 Å². The van der Waals surface area contributed by atoms with Gasteiger partial charge in [0, 0.05) is 18.7 Å². The van der Waals surface area contributed by atoms with Gasteiger partial charge in [-0.1, -0.05) is 24.3 Å². The summed E-state index contributed by atoms with van der Waals surface area (Å²) >= 11 is 0. The molecule has 2 fully saturated rings. The number of nitrogens with zero attached hydrogens (tertiary/aromatic N) is 2.